The molecule has 0 bridgehead atoms. The molecule has 1 aliphatic rings. The van der Waals surface area contributed by atoms with Crippen LogP contribution in [0.15, 0.2) is 12.1 Å². The van der Waals surface area contributed by atoms with Crippen LogP contribution in [0.2, 0.25) is 10.0 Å². The molecule has 2 N–H and O–H groups in total. The third-order valence-electron chi connectivity index (χ3n) is 3.20. The number of carbonyl (C=O) groups excluding carboxylic acids is 2. The van der Waals surface area contributed by atoms with Crippen LogP contribution in [-0.2, 0) is 0 Å². The second kappa shape index (κ2) is 5.80. The van der Waals surface area contributed by atoms with Gasteiger partial charge in [0.1, 0.15) is 0 Å². The van der Waals surface area contributed by atoms with Crippen LogP contribution >= 0.6 is 23.2 Å². The molecule has 0 atom stereocenters. The van der Waals surface area contributed by atoms with Gasteiger partial charge in [0.2, 0.25) is 5.91 Å². The van der Waals surface area contributed by atoms with E-state index in [1.54, 1.807) is 4.90 Å². The van der Waals surface area contributed by atoms with Gasteiger partial charge in [0.05, 0.1) is 21.2 Å². The van der Waals surface area contributed by atoms with Crippen LogP contribution in [0, 0.1) is 0 Å². The maximum absolute atomic E-state index is 12.4. The third-order valence-corrected chi connectivity index (χ3v) is 3.92. The molecular formula is C13H14Cl2N2O2. The maximum atomic E-state index is 12.4. The Morgan fingerprint density at radius 3 is 2.05 bits per heavy atom. The molecule has 0 aromatic heterocycles. The lowest BCUT2D eigenvalue weighted by Crippen LogP contribution is -2.36. The molecule has 1 heterocycles. The Morgan fingerprint density at radius 1 is 1.00 bits per heavy atom. The molecule has 0 unspecified atom stereocenters. The van der Waals surface area contributed by atoms with E-state index in [0.29, 0.717) is 13.1 Å². The van der Waals surface area contributed by atoms with E-state index < -0.39 is 5.91 Å². The summed E-state index contributed by atoms with van der Waals surface area (Å²) in [7, 11) is 0. The Balaban J connectivity index is 2.39. The first kappa shape index (κ1) is 14.2. The summed E-state index contributed by atoms with van der Waals surface area (Å²) in [5, 5.41) is 0.456. The van der Waals surface area contributed by atoms with Crippen molar-refractivity contribution in [2.45, 2.75) is 19.3 Å². The highest BCUT2D eigenvalue weighted by molar-refractivity contribution is 6.42. The number of benzene rings is 1. The van der Waals surface area contributed by atoms with Crippen molar-refractivity contribution in [2.75, 3.05) is 13.1 Å². The van der Waals surface area contributed by atoms with Crippen LogP contribution < -0.4 is 5.73 Å². The van der Waals surface area contributed by atoms with Gasteiger partial charge in [-0.3, -0.25) is 9.59 Å². The minimum atomic E-state index is -0.682. The molecule has 0 saturated carbocycles. The molecule has 0 aliphatic carbocycles. The van der Waals surface area contributed by atoms with Crippen LogP contribution in [0.25, 0.3) is 0 Å². The van der Waals surface area contributed by atoms with Crippen molar-refractivity contribution in [3.05, 3.63) is 33.3 Å². The lowest BCUT2D eigenvalue weighted by atomic mass is 10.0. The summed E-state index contributed by atoms with van der Waals surface area (Å²) in [4.78, 5) is 25.5. The Hall–Kier alpha value is -1.26. The standard InChI is InChI=1S/C13H14Cl2N2O2/c14-10-6-8(12(16)18)9(7-11(10)15)13(19)17-4-2-1-3-5-17/h6-7H,1-5H2,(H2,16,18). The quantitative estimate of drug-likeness (QED) is 0.913. The number of hydrogen-bond acceptors (Lipinski definition) is 2. The van der Waals surface area contributed by atoms with Gasteiger partial charge in [-0.25, -0.2) is 0 Å². The van der Waals surface area contributed by atoms with Gasteiger partial charge < -0.3 is 10.6 Å². The van der Waals surface area contributed by atoms with E-state index in [2.05, 4.69) is 0 Å². The lowest BCUT2D eigenvalue weighted by molar-refractivity contribution is 0.0719. The van der Waals surface area contributed by atoms with Gasteiger partial charge in [-0.1, -0.05) is 23.2 Å². The fourth-order valence-corrected chi connectivity index (χ4v) is 2.52. The third kappa shape index (κ3) is 3.01. The lowest BCUT2D eigenvalue weighted by Gasteiger charge is -2.27. The summed E-state index contributed by atoms with van der Waals surface area (Å²) < 4.78 is 0. The fraction of sp³-hybridized carbons (Fsp3) is 0.385. The second-order valence-corrected chi connectivity index (χ2v) is 5.34. The molecule has 1 aromatic carbocycles. The number of nitrogens with zero attached hydrogens (tertiary/aromatic N) is 1. The Bertz CT molecular complexity index is 526. The van der Waals surface area contributed by atoms with E-state index in [-0.39, 0.29) is 27.1 Å². The predicted molar refractivity (Wildman–Crippen MR) is 74.7 cm³/mol. The zero-order chi connectivity index (χ0) is 14.0. The van der Waals surface area contributed by atoms with Crippen LogP contribution in [0.4, 0.5) is 0 Å². The average Bonchev–Trinajstić information content (AvgIpc) is 2.41. The van der Waals surface area contributed by atoms with Crippen LogP contribution in [0.3, 0.4) is 0 Å². The summed E-state index contributed by atoms with van der Waals surface area (Å²) in [6, 6.07) is 2.77. The highest BCUT2D eigenvalue weighted by atomic mass is 35.5. The van der Waals surface area contributed by atoms with E-state index in [0.717, 1.165) is 19.3 Å². The Morgan fingerprint density at radius 2 is 1.53 bits per heavy atom. The number of nitrogens with two attached hydrogens (primary N) is 1. The number of piperidine rings is 1. The number of likely N-dealkylation sites (tertiary alicyclic amines) is 1. The van der Waals surface area contributed by atoms with E-state index in [4.69, 9.17) is 28.9 Å². The molecule has 2 amide bonds. The normalized spacial score (nSPS) is 15.4. The molecule has 0 radical (unpaired) electrons. The second-order valence-electron chi connectivity index (χ2n) is 4.53. The SMILES string of the molecule is NC(=O)c1cc(Cl)c(Cl)cc1C(=O)N1CCCCC1. The van der Waals surface area contributed by atoms with Gasteiger partial charge >= 0.3 is 0 Å². The number of primary amides is 1. The van der Waals surface area contributed by atoms with E-state index in [1.165, 1.54) is 12.1 Å². The van der Waals surface area contributed by atoms with Crippen molar-refractivity contribution in [1.29, 1.82) is 0 Å². The molecule has 1 saturated heterocycles. The molecule has 102 valence electrons. The minimum Gasteiger partial charge on any atom is -0.366 e. The van der Waals surface area contributed by atoms with Crippen molar-refractivity contribution in [1.82, 2.24) is 4.90 Å². The first-order chi connectivity index (χ1) is 9.00. The van der Waals surface area contributed by atoms with Gasteiger partial charge in [0, 0.05) is 13.1 Å². The molecule has 4 nitrogen and oxygen atoms in total. The summed E-state index contributed by atoms with van der Waals surface area (Å²) in [6.07, 6.45) is 3.06. The fourth-order valence-electron chi connectivity index (χ4n) is 2.19. The van der Waals surface area contributed by atoms with Crippen LogP contribution in [0.1, 0.15) is 40.0 Å². The monoisotopic (exact) mass is 300 g/mol. The molecule has 2 rings (SSSR count). The highest BCUT2D eigenvalue weighted by Crippen LogP contribution is 2.27. The molecule has 1 fully saturated rings. The van der Waals surface area contributed by atoms with E-state index in [9.17, 15) is 9.59 Å². The smallest absolute Gasteiger partial charge is 0.254 e. The van der Waals surface area contributed by atoms with Gasteiger partial charge in [-0.2, -0.15) is 0 Å². The Kier molecular flexibility index (Phi) is 4.32. The van der Waals surface area contributed by atoms with Gasteiger partial charge in [0.15, 0.2) is 0 Å². The molecular weight excluding hydrogens is 287 g/mol. The largest absolute Gasteiger partial charge is 0.366 e. The van der Waals surface area contributed by atoms with Gasteiger partial charge in [-0.15, -0.1) is 0 Å². The minimum absolute atomic E-state index is 0.116. The summed E-state index contributed by atoms with van der Waals surface area (Å²) in [5.41, 5.74) is 5.63. The van der Waals surface area contributed by atoms with Gasteiger partial charge in [0.25, 0.3) is 5.91 Å². The van der Waals surface area contributed by atoms with Crippen LogP contribution in [0.5, 0.6) is 0 Å². The highest BCUT2D eigenvalue weighted by Gasteiger charge is 2.23. The number of amides is 2. The van der Waals surface area contributed by atoms with Crippen molar-refractivity contribution in [3.63, 3.8) is 0 Å². The topological polar surface area (TPSA) is 63.4 Å². The Labute approximate surface area is 121 Å². The first-order valence-electron chi connectivity index (χ1n) is 6.09. The number of hydrogen-bond donors (Lipinski definition) is 1. The zero-order valence-electron chi connectivity index (χ0n) is 10.3. The summed E-state index contributed by atoms with van der Waals surface area (Å²) in [6.45, 7) is 1.38. The van der Waals surface area contributed by atoms with Crippen molar-refractivity contribution < 1.29 is 9.59 Å². The predicted octanol–water partition coefficient (Wildman–Crippen LogP) is 2.72. The van der Waals surface area contributed by atoms with Gasteiger partial charge in [-0.05, 0) is 31.4 Å². The first-order valence-corrected chi connectivity index (χ1v) is 6.84. The number of halogens is 2. The molecule has 6 heteroatoms. The summed E-state index contributed by atoms with van der Waals surface area (Å²) in [5.74, 6) is -0.897. The van der Waals surface area contributed by atoms with Crippen molar-refractivity contribution in [3.8, 4) is 0 Å². The van der Waals surface area contributed by atoms with Crippen LogP contribution in [-0.4, -0.2) is 29.8 Å². The molecule has 19 heavy (non-hydrogen) atoms. The zero-order valence-corrected chi connectivity index (χ0v) is 11.8. The molecule has 1 aliphatic heterocycles. The van der Waals surface area contributed by atoms with E-state index >= 15 is 0 Å². The number of rotatable bonds is 2. The van der Waals surface area contributed by atoms with Crippen molar-refractivity contribution in [2.24, 2.45) is 5.73 Å². The summed E-state index contributed by atoms with van der Waals surface area (Å²) >= 11 is 11.8. The number of carbonyl (C=O) groups is 2. The molecule has 1 aromatic rings. The molecule has 0 spiro atoms. The van der Waals surface area contributed by atoms with Crippen molar-refractivity contribution >= 4 is 35.0 Å². The average molecular weight is 301 g/mol. The maximum Gasteiger partial charge on any atom is 0.254 e. The van der Waals surface area contributed by atoms with E-state index in [1.807, 2.05) is 0 Å².